The van der Waals surface area contributed by atoms with Crippen LogP contribution < -0.4 is 9.47 Å². The molecule has 0 aliphatic carbocycles. The highest BCUT2D eigenvalue weighted by Crippen LogP contribution is 2.33. The second kappa shape index (κ2) is 8.24. The van der Waals surface area contributed by atoms with Crippen molar-refractivity contribution in [2.24, 2.45) is 0 Å². The largest absolute Gasteiger partial charge is 0.496 e. The zero-order valence-corrected chi connectivity index (χ0v) is 17.0. The zero-order valence-electron chi connectivity index (χ0n) is 17.0. The van der Waals surface area contributed by atoms with Crippen LogP contribution >= 0.6 is 0 Å². The molecule has 3 heteroatoms. The molecule has 1 aliphatic rings. The fourth-order valence-corrected chi connectivity index (χ4v) is 3.94. The predicted molar refractivity (Wildman–Crippen MR) is 114 cm³/mol. The quantitative estimate of drug-likeness (QED) is 0.501. The molecule has 3 aromatic carbocycles. The van der Waals surface area contributed by atoms with Crippen molar-refractivity contribution in [2.45, 2.75) is 39.2 Å². The smallest absolute Gasteiger partial charge is 0.122 e. The number of hydrogen-bond donors (Lipinski definition) is 0. The first-order valence-electron chi connectivity index (χ1n) is 10.1. The lowest BCUT2D eigenvalue weighted by Crippen LogP contribution is -2.06. The number of hydrogen-bond acceptors (Lipinski definition) is 3. The lowest BCUT2D eigenvalue weighted by atomic mass is 9.93. The highest BCUT2D eigenvalue weighted by atomic mass is 16.6. The molecular weight excluding hydrogens is 348 g/mol. The van der Waals surface area contributed by atoms with E-state index in [9.17, 15) is 0 Å². The van der Waals surface area contributed by atoms with Gasteiger partial charge in [0.05, 0.1) is 13.7 Å². The number of aryl methyl sites for hydroxylation is 3. The average Bonchev–Trinajstić information content (AvgIpc) is 3.56. The summed E-state index contributed by atoms with van der Waals surface area (Å²) in [4.78, 5) is 0. The zero-order chi connectivity index (χ0) is 19.5. The minimum absolute atomic E-state index is 0.277. The molecule has 1 saturated heterocycles. The van der Waals surface area contributed by atoms with Gasteiger partial charge in [-0.1, -0.05) is 43.3 Å². The van der Waals surface area contributed by atoms with E-state index in [1.807, 2.05) is 0 Å². The van der Waals surface area contributed by atoms with Crippen molar-refractivity contribution in [1.29, 1.82) is 0 Å². The lowest BCUT2D eigenvalue weighted by molar-refractivity contribution is 0.261. The van der Waals surface area contributed by atoms with Crippen molar-refractivity contribution in [3.8, 4) is 11.5 Å². The van der Waals surface area contributed by atoms with Gasteiger partial charge in [-0.05, 0) is 65.8 Å². The summed E-state index contributed by atoms with van der Waals surface area (Å²) in [6.07, 6.45) is 3.19. The molecule has 1 fully saturated rings. The molecule has 0 N–H and O–H groups in total. The lowest BCUT2D eigenvalue weighted by Gasteiger charge is -2.16. The Balaban J connectivity index is 1.60. The van der Waals surface area contributed by atoms with Crippen molar-refractivity contribution < 1.29 is 14.2 Å². The second-order valence-corrected chi connectivity index (χ2v) is 7.42. The Labute approximate surface area is 167 Å². The highest BCUT2D eigenvalue weighted by Gasteiger charge is 2.23. The van der Waals surface area contributed by atoms with Crippen molar-refractivity contribution in [1.82, 2.24) is 0 Å². The van der Waals surface area contributed by atoms with Crippen LogP contribution in [0.2, 0.25) is 0 Å². The Morgan fingerprint density at radius 1 is 0.964 bits per heavy atom. The van der Waals surface area contributed by atoms with Crippen LogP contribution in [0.4, 0.5) is 0 Å². The normalized spacial score (nSPS) is 15.6. The molecule has 3 aromatic rings. The van der Waals surface area contributed by atoms with Crippen LogP contribution in [0.5, 0.6) is 11.5 Å². The molecule has 1 unspecified atom stereocenters. The minimum atomic E-state index is 0.277. The molecule has 0 radical (unpaired) electrons. The van der Waals surface area contributed by atoms with Gasteiger partial charge in [-0.3, -0.25) is 0 Å². The molecule has 1 atom stereocenters. The van der Waals surface area contributed by atoms with Gasteiger partial charge in [0.1, 0.15) is 24.2 Å². The monoisotopic (exact) mass is 376 g/mol. The van der Waals surface area contributed by atoms with Gasteiger partial charge in [0.25, 0.3) is 0 Å². The maximum Gasteiger partial charge on any atom is 0.122 e. The molecule has 0 spiro atoms. The van der Waals surface area contributed by atoms with Gasteiger partial charge < -0.3 is 14.2 Å². The molecule has 28 heavy (non-hydrogen) atoms. The Kier molecular flexibility index (Phi) is 5.54. The summed E-state index contributed by atoms with van der Waals surface area (Å²) >= 11 is 0. The van der Waals surface area contributed by atoms with E-state index in [0.717, 1.165) is 37.4 Å². The van der Waals surface area contributed by atoms with Gasteiger partial charge >= 0.3 is 0 Å². The van der Waals surface area contributed by atoms with E-state index < -0.39 is 0 Å². The summed E-state index contributed by atoms with van der Waals surface area (Å²) in [6, 6.07) is 17.2. The fourth-order valence-electron chi connectivity index (χ4n) is 3.94. The molecule has 0 aromatic heterocycles. The molecule has 3 nitrogen and oxygen atoms in total. The number of rotatable bonds is 8. The summed E-state index contributed by atoms with van der Waals surface area (Å²) in [5.41, 5.74) is 5.18. The number of ether oxygens (including phenoxy) is 3. The fraction of sp³-hybridized carbons (Fsp3) is 0.360. The van der Waals surface area contributed by atoms with E-state index in [-0.39, 0.29) is 6.10 Å². The third kappa shape index (κ3) is 3.85. The van der Waals surface area contributed by atoms with Crippen molar-refractivity contribution >= 4 is 10.8 Å². The molecule has 1 heterocycles. The van der Waals surface area contributed by atoms with E-state index in [2.05, 4.69) is 62.4 Å². The van der Waals surface area contributed by atoms with Crippen molar-refractivity contribution in [2.75, 3.05) is 20.3 Å². The van der Waals surface area contributed by atoms with Crippen LogP contribution in [-0.2, 0) is 24.0 Å². The molecule has 1 aliphatic heterocycles. The van der Waals surface area contributed by atoms with Gasteiger partial charge in [-0.25, -0.2) is 0 Å². The predicted octanol–water partition coefficient (Wildman–Crippen LogP) is 5.28. The van der Waals surface area contributed by atoms with Crippen molar-refractivity contribution in [3.05, 3.63) is 70.8 Å². The SMILES string of the molecule is CCc1c(OC)cc(CCc2cccc(OCC3CO3)c2C)c2ccccc12. The van der Waals surface area contributed by atoms with Crippen molar-refractivity contribution in [3.63, 3.8) is 0 Å². The summed E-state index contributed by atoms with van der Waals surface area (Å²) in [6.45, 7) is 5.80. The maximum absolute atomic E-state index is 5.95. The van der Waals surface area contributed by atoms with Gasteiger partial charge in [-0.15, -0.1) is 0 Å². The Morgan fingerprint density at radius 3 is 2.43 bits per heavy atom. The second-order valence-electron chi connectivity index (χ2n) is 7.42. The van der Waals surface area contributed by atoms with E-state index >= 15 is 0 Å². The van der Waals surface area contributed by atoms with Gasteiger partial charge in [0, 0.05) is 5.56 Å². The van der Waals surface area contributed by atoms with Crippen LogP contribution in [0, 0.1) is 6.92 Å². The van der Waals surface area contributed by atoms with Crippen LogP contribution in [0.15, 0.2) is 48.5 Å². The van der Waals surface area contributed by atoms with Crippen LogP contribution in [0.1, 0.15) is 29.2 Å². The summed E-state index contributed by atoms with van der Waals surface area (Å²) < 4.78 is 16.9. The highest BCUT2D eigenvalue weighted by molar-refractivity contribution is 5.90. The Morgan fingerprint density at radius 2 is 1.71 bits per heavy atom. The van der Waals surface area contributed by atoms with E-state index in [0.29, 0.717) is 6.61 Å². The summed E-state index contributed by atoms with van der Waals surface area (Å²) in [7, 11) is 1.77. The first-order valence-corrected chi connectivity index (χ1v) is 10.1. The molecule has 146 valence electrons. The first-order chi connectivity index (χ1) is 13.7. The van der Waals surface area contributed by atoms with Gasteiger partial charge in [0.15, 0.2) is 0 Å². The van der Waals surface area contributed by atoms with Crippen LogP contribution in [-0.4, -0.2) is 26.4 Å². The molecule has 0 saturated carbocycles. The molecule has 0 bridgehead atoms. The van der Waals surface area contributed by atoms with E-state index in [4.69, 9.17) is 14.2 Å². The Bertz CT molecular complexity index is 973. The van der Waals surface area contributed by atoms with Crippen LogP contribution in [0.25, 0.3) is 10.8 Å². The topological polar surface area (TPSA) is 31.0 Å². The van der Waals surface area contributed by atoms with E-state index in [1.165, 1.54) is 33.0 Å². The standard InChI is InChI=1S/C25H28O3/c1-4-21-23-10-6-5-9-22(23)19(14-25(21)26-3)13-12-18-8-7-11-24(17(18)2)28-16-20-15-27-20/h5-11,14,20H,4,12-13,15-16H2,1-3H3. The maximum atomic E-state index is 5.95. The molecular formula is C25H28O3. The van der Waals surface area contributed by atoms with Gasteiger partial charge in [0.2, 0.25) is 0 Å². The van der Waals surface area contributed by atoms with Crippen LogP contribution in [0.3, 0.4) is 0 Å². The summed E-state index contributed by atoms with van der Waals surface area (Å²) in [5, 5.41) is 2.63. The minimum Gasteiger partial charge on any atom is -0.496 e. The number of benzene rings is 3. The van der Waals surface area contributed by atoms with E-state index in [1.54, 1.807) is 7.11 Å². The molecule has 4 rings (SSSR count). The third-order valence-electron chi connectivity index (χ3n) is 5.66. The first kappa shape index (κ1) is 18.8. The molecule has 0 amide bonds. The summed E-state index contributed by atoms with van der Waals surface area (Å²) in [5.74, 6) is 1.96. The number of fused-ring (bicyclic) bond motifs is 1. The third-order valence-corrected chi connectivity index (χ3v) is 5.66. The average molecular weight is 376 g/mol. The van der Waals surface area contributed by atoms with Gasteiger partial charge in [-0.2, -0.15) is 0 Å². The number of epoxide rings is 1. The number of methoxy groups -OCH3 is 1. The Hall–Kier alpha value is -2.52.